The molecule has 5 heteroatoms. The van der Waals surface area contributed by atoms with Crippen molar-refractivity contribution in [2.45, 2.75) is 39.3 Å². The average Bonchev–Trinajstić information content (AvgIpc) is 2.74. The van der Waals surface area contributed by atoms with Crippen LogP contribution in [0.2, 0.25) is 0 Å². The Hall–Kier alpha value is -1.75. The van der Waals surface area contributed by atoms with Crippen molar-refractivity contribution in [2.75, 3.05) is 0 Å². The highest BCUT2D eigenvalue weighted by Gasteiger charge is 2.12. The molecule has 0 bridgehead atoms. The Morgan fingerprint density at radius 1 is 1.20 bits per heavy atom. The fraction of sp³-hybridized carbons (Fsp3) is 0.400. The molecular formula is C15H18F2N2O. The largest absolute Gasteiger partial charge is 0.392 e. The minimum atomic E-state index is -0.885. The Labute approximate surface area is 116 Å². The fourth-order valence-electron chi connectivity index (χ4n) is 2.29. The quantitative estimate of drug-likeness (QED) is 0.914. The van der Waals surface area contributed by atoms with E-state index in [0.29, 0.717) is 12.0 Å². The Morgan fingerprint density at radius 3 is 2.60 bits per heavy atom. The van der Waals surface area contributed by atoms with E-state index in [1.165, 1.54) is 6.07 Å². The Morgan fingerprint density at radius 2 is 1.95 bits per heavy atom. The molecule has 0 aliphatic rings. The van der Waals surface area contributed by atoms with Gasteiger partial charge in [-0.2, -0.15) is 5.10 Å². The van der Waals surface area contributed by atoms with E-state index >= 15 is 0 Å². The molecule has 1 heterocycles. The highest BCUT2D eigenvalue weighted by Crippen LogP contribution is 2.13. The number of aliphatic hydroxyl groups excluding tert-OH is 1. The van der Waals surface area contributed by atoms with Gasteiger partial charge in [0.15, 0.2) is 11.6 Å². The van der Waals surface area contributed by atoms with E-state index in [1.54, 1.807) is 0 Å². The molecular weight excluding hydrogens is 262 g/mol. The molecule has 1 N–H and O–H groups in total. The lowest BCUT2D eigenvalue weighted by Gasteiger charge is -2.12. The van der Waals surface area contributed by atoms with Crippen molar-refractivity contribution in [1.29, 1.82) is 0 Å². The molecule has 0 aliphatic heterocycles. The van der Waals surface area contributed by atoms with Crippen LogP contribution in [0.25, 0.3) is 0 Å². The van der Waals surface area contributed by atoms with Crippen molar-refractivity contribution in [2.24, 2.45) is 0 Å². The zero-order chi connectivity index (χ0) is 14.7. The van der Waals surface area contributed by atoms with Crippen molar-refractivity contribution in [3.05, 3.63) is 52.9 Å². The third-order valence-corrected chi connectivity index (χ3v) is 3.19. The van der Waals surface area contributed by atoms with Gasteiger partial charge in [0.25, 0.3) is 0 Å². The van der Waals surface area contributed by atoms with Gasteiger partial charge in [0.2, 0.25) is 0 Å². The SMILES string of the molecule is CCn1nc(C)cc1CC(O)Cc1ccc(F)c(F)c1. The standard InChI is InChI=1S/C15H18F2N2O/c1-3-19-12(6-10(2)18-19)9-13(20)7-11-4-5-14(16)15(17)8-11/h4-6,8,13,20H,3,7,9H2,1-2H3. The van der Waals surface area contributed by atoms with E-state index in [2.05, 4.69) is 5.10 Å². The number of halogens is 2. The van der Waals surface area contributed by atoms with Crippen LogP contribution in [-0.2, 0) is 19.4 Å². The van der Waals surface area contributed by atoms with Gasteiger partial charge in [0, 0.05) is 18.7 Å². The van der Waals surface area contributed by atoms with E-state index in [4.69, 9.17) is 0 Å². The molecule has 0 spiro atoms. The van der Waals surface area contributed by atoms with Crippen LogP contribution < -0.4 is 0 Å². The normalized spacial score (nSPS) is 12.7. The van der Waals surface area contributed by atoms with Gasteiger partial charge in [-0.05, 0) is 44.0 Å². The lowest BCUT2D eigenvalue weighted by molar-refractivity contribution is 0.172. The highest BCUT2D eigenvalue weighted by atomic mass is 19.2. The Bertz CT molecular complexity index is 596. The zero-order valence-electron chi connectivity index (χ0n) is 11.6. The first kappa shape index (κ1) is 14.7. The molecule has 0 saturated heterocycles. The lowest BCUT2D eigenvalue weighted by Crippen LogP contribution is -2.17. The number of nitrogens with zero attached hydrogens (tertiary/aromatic N) is 2. The lowest BCUT2D eigenvalue weighted by atomic mass is 10.0. The van der Waals surface area contributed by atoms with Gasteiger partial charge < -0.3 is 5.11 Å². The molecule has 1 aromatic carbocycles. The van der Waals surface area contributed by atoms with Gasteiger partial charge in [0.1, 0.15) is 0 Å². The Balaban J connectivity index is 2.04. The molecule has 20 heavy (non-hydrogen) atoms. The summed E-state index contributed by atoms with van der Waals surface area (Å²) < 4.78 is 27.8. The van der Waals surface area contributed by atoms with Crippen LogP contribution in [0.15, 0.2) is 24.3 Å². The van der Waals surface area contributed by atoms with E-state index in [0.717, 1.165) is 30.1 Å². The van der Waals surface area contributed by atoms with Crippen LogP contribution in [0.3, 0.4) is 0 Å². The van der Waals surface area contributed by atoms with Crippen molar-refractivity contribution >= 4 is 0 Å². The maximum absolute atomic E-state index is 13.1. The summed E-state index contributed by atoms with van der Waals surface area (Å²) in [6, 6.07) is 5.63. The first-order valence-corrected chi connectivity index (χ1v) is 6.65. The van der Waals surface area contributed by atoms with Crippen LogP contribution in [0.1, 0.15) is 23.9 Å². The molecule has 0 radical (unpaired) electrons. The second-order valence-corrected chi connectivity index (χ2v) is 4.90. The van der Waals surface area contributed by atoms with Gasteiger partial charge in [-0.3, -0.25) is 4.68 Å². The summed E-state index contributed by atoms with van der Waals surface area (Å²) in [5.41, 5.74) is 2.43. The van der Waals surface area contributed by atoms with Gasteiger partial charge in [-0.15, -0.1) is 0 Å². The highest BCUT2D eigenvalue weighted by molar-refractivity contribution is 5.19. The maximum Gasteiger partial charge on any atom is 0.159 e. The number of rotatable bonds is 5. The van der Waals surface area contributed by atoms with Gasteiger partial charge in [-0.25, -0.2) is 8.78 Å². The van der Waals surface area contributed by atoms with E-state index in [-0.39, 0.29) is 6.42 Å². The molecule has 0 aliphatic carbocycles. The molecule has 2 rings (SSSR count). The fourth-order valence-corrected chi connectivity index (χ4v) is 2.29. The number of hydrogen-bond donors (Lipinski definition) is 1. The summed E-state index contributed by atoms with van der Waals surface area (Å²) >= 11 is 0. The van der Waals surface area contributed by atoms with Crippen molar-refractivity contribution in [3.63, 3.8) is 0 Å². The van der Waals surface area contributed by atoms with Crippen LogP contribution in [0, 0.1) is 18.6 Å². The maximum atomic E-state index is 13.1. The van der Waals surface area contributed by atoms with Crippen LogP contribution in [0.5, 0.6) is 0 Å². The molecule has 1 aromatic heterocycles. The van der Waals surface area contributed by atoms with Crippen molar-refractivity contribution in [1.82, 2.24) is 9.78 Å². The molecule has 0 fully saturated rings. The molecule has 3 nitrogen and oxygen atoms in total. The number of hydrogen-bond acceptors (Lipinski definition) is 2. The smallest absolute Gasteiger partial charge is 0.159 e. The summed E-state index contributed by atoms with van der Waals surface area (Å²) in [6.07, 6.45) is 0.0694. The molecule has 108 valence electrons. The first-order valence-electron chi connectivity index (χ1n) is 6.65. The van der Waals surface area contributed by atoms with Gasteiger partial charge >= 0.3 is 0 Å². The van der Waals surface area contributed by atoms with E-state index < -0.39 is 17.7 Å². The van der Waals surface area contributed by atoms with Crippen molar-refractivity contribution < 1.29 is 13.9 Å². The van der Waals surface area contributed by atoms with E-state index in [1.807, 2.05) is 24.6 Å². The predicted molar refractivity (Wildman–Crippen MR) is 72.4 cm³/mol. The third-order valence-electron chi connectivity index (χ3n) is 3.19. The second kappa shape index (κ2) is 6.13. The second-order valence-electron chi connectivity index (χ2n) is 4.90. The van der Waals surface area contributed by atoms with Crippen LogP contribution >= 0.6 is 0 Å². The zero-order valence-corrected chi connectivity index (χ0v) is 11.6. The summed E-state index contributed by atoms with van der Waals surface area (Å²) in [4.78, 5) is 0. The third kappa shape index (κ3) is 3.42. The van der Waals surface area contributed by atoms with Gasteiger partial charge in [-0.1, -0.05) is 6.07 Å². The number of benzene rings is 1. The monoisotopic (exact) mass is 280 g/mol. The predicted octanol–water partition coefficient (Wildman–Crippen LogP) is 2.64. The minimum Gasteiger partial charge on any atom is -0.392 e. The molecule has 1 unspecified atom stereocenters. The summed E-state index contributed by atoms with van der Waals surface area (Å²) in [5, 5.41) is 14.4. The molecule has 0 amide bonds. The van der Waals surface area contributed by atoms with Crippen LogP contribution in [0.4, 0.5) is 8.78 Å². The minimum absolute atomic E-state index is 0.283. The number of aryl methyl sites for hydroxylation is 2. The topological polar surface area (TPSA) is 38.0 Å². The summed E-state index contributed by atoms with van der Waals surface area (Å²) in [5.74, 6) is -1.76. The first-order chi connectivity index (χ1) is 9.49. The van der Waals surface area contributed by atoms with Gasteiger partial charge in [0.05, 0.1) is 11.8 Å². The summed E-state index contributed by atoms with van der Waals surface area (Å²) in [6.45, 7) is 4.62. The van der Waals surface area contributed by atoms with E-state index in [9.17, 15) is 13.9 Å². The average molecular weight is 280 g/mol. The van der Waals surface area contributed by atoms with Crippen molar-refractivity contribution in [3.8, 4) is 0 Å². The molecule has 2 aromatic rings. The summed E-state index contributed by atoms with van der Waals surface area (Å²) in [7, 11) is 0. The number of aliphatic hydroxyl groups is 1. The molecule has 1 atom stereocenters. The van der Waals surface area contributed by atoms with Crippen LogP contribution in [-0.4, -0.2) is 21.0 Å². The Kier molecular flexibility index (Phi) is 4.49. The molecule has 0 saturated carbocycles. The number of aromatic nitrogens is 2.